The molecule has 3 aromatic rings. The molecule has 1 aliphatic rings. The lowest BCUT2D eigenvalue weighted by Gasteiger charge is -2.40. The summed E-state index contributed by atoms with van der Waals surface area (Å²) < 4.78 is 64.2. The summed E-state index contributed by atoms with van der Waals surface area (Å²) in [5.41, 5.74) is 0.730. The first kappa shape index (κ1) is 33.3. The minimum absolute atomic E-state index is 0.0185. The van der Waals surface area contributed by atoms with Crippen molar-refractivity contribution in [1.29, 1.82) is 0 Å². The normalized spacial score (nSPS) is 20.3. The van der Waals surface area contributed by atoms with Crippen molar-refractivity contribution in [2.45, 2.75) is 64.5 Å². The highest BCUT2D eigenvalue weighted by Crippen LogP contribution is 2.43. The summed E-state index contributed by atoms with van der Waals surface area (Å²) in [7, 11) is 0. The number of nitrogens with one attached hydrogen (secondary N) is 1. The Morgan fingerprint density at radius 2 is 1.71 bits per heavy atom. The van der Waals surface area contributed by atoms with E-state index in [1.54, 1.807) is 0 Å². The Balaban J connectivity index is 0.000000408. The van der Waals surface area contributed by atoms with Gasteiger partial charge in [-0.15, -0.1) is 0 Å². The van der Waals surface area contributed by atoms with Crippen LogP contribution < -0.4 is 5.32 Å². The molecule has 1 amide bonds. The Morgan fingerprint density at radius 3 is 2.29 bits per heavy atom. The molecule has 0 saturated heterocycles. The number of carbonyl (C=O) groups is 2. The molecule has 226 valence electrons. The summed E-state index contributed by atoms with van der Waals surface area (Å²) in [4.78, 5) is 22.9. The van der Waals surface area contributed by atoms with E-state index in [9.17, 15) is 27.2 Å². The van der Waals surface area contributed by atoms with Crippen molar-refractivity contribution in [2.24, 2.45) is 11.8 Å². The topological polar surface area (TPSA) is 64.6 Å². The SMILES string of the molecule is CC(C)OC1CC(C(=O)Nc2ccc(C(F)(F)F)cc2F)[C@H](C)C(c2ccc(Br)cc2)C1.O=COCc1ccccc1. The molecule has 10 heteroatoms. The zero-order chi connectivity index (χ0) is 30.9. The summed E-state index contributed by atoms with van der Waals surface area (Å²) >= 11 is 3.43. The quantitative estimate of drug-likeness (QED) is 0.196. The first-order chi connectivity index (χ1) is 19.9. The van der Waals surface area contributed by atoms with E-state index in [2.05, 4.69) is 26.0 Å². The molecule has 1 fully saturated rings. The van der Waals surface area contributed by atoms with Gasteiger partial charge in [-0.25, -0.2) is 4.39 Å². The third kappa shape index (κ3) is 9.66. The maximum atomic E-state index is 14.3. The van der Waals surface area contributed by atoms with Crippen molar-refractivity contribution in [1.82, 2.24) is 0 Å². The van der Waals surface area contributed by atoms with Gasteiger partial charge in [0.25, 0.3) is 6.47 Å². The van der Waals surface area contributed by atoms with Gasteiger partial charge in [0, 0.05) is 10.4 Å². The average Bonchev–Trinajstić information content (AvgIpc) is 2.94. The third-order valence-electron chi connectivity index (χ3n) is 7.12. The highest BCUT2D eigenvalue weighted by atomic mass is 79.9. The van der Waals surface area contributed by atoms with Crippen LogP contribution in [0.4, 0.5) is 23.2 Å². The van der Waals surface area contributed by atoms with Gasteiger partial charge < -0.3 is 14.8 Å². The van der Waals surface area contributed by atoms with Crippen molar-refractivity contribution in [3.05, 3.63) is 99.8 Å². The molecule has 1 aliphatic carbocycles. The molecule has 4 atom stereocenters. The number of amides is 1. The number of anilines is 1. The van der Waals surface area contributed by atoms with E-state index in [1.165, 1.54) is 0 Å². The van der Waals surface area contributed by atoms with E-state index in [0.717, 1.165) is 34.2 Å². The minimum Gasteiger partial charge on any atom is -0.463 e. The van der Waals surface area contributed by atoms with Crippen LogP contribution in [0.15, 0.2) is 77.3 Å². The van der Waals surface area contributed by atoms with Crippen LogP contribution in [-0.4, -0.2) is 24.6 Å². The Hall–Kier alpha value is -3.24. The molecule has 3 aromatic carbocycles. The van der Waals surface area contributed by atoms with Crippen molar-refractivity contribution < 1.29 is 36.6 Å². The molecule has 0 aromatic heterocycles. The molecular formula is C32H34BrF4NO4. The Labute approximate surface area is 251 Å². The third-order valence-corrected chi connectivity index (χ3v) is 7.65. The fraction of sp³-hybridized carbons (Fsp3) is 0.375. The number of hydrogen-bond acceptors (Lipinski definition) is 4. The van der Waals surface area contributed by atoms with E-state index >= 15 is 0 Å². The zero-order valence-electron chi connectivity index (χ0n) is 23.5. The van der Waals surface area contributed by atoms with Crippen LogP contribution in [-0.2, 0) is 31.8 Å². The lowest BCUT2D eigenvalue weighted by molar-refractivity contribution is -0.137. The highest BCUT2D eigenvalue weighted by molar-refractivity contribution is 9.10. The number of carbonyl (C=O) groups excluding carboxylic acids is 2. The first-order valence-corrected chi connectivity index (χ1v) is 14.4. The number of alkyl halides is 3. The lowest BCUT2D eigenvalue weighted by Crippen LogP contribution is -2.41. The fourth-order valence-electron chi connectivity index (χ4n) is 5.09. The van der Waals surface area contributed by atoms with E-state index in [-0.39, 0.29) is 29.7 Å². The number of hydrogen-bond donors (Lipinski definition) is 1. The second kappa shape index (κ2) is 15.3. The van der Waals surface area contributed by atoms with E-state index in [0.29, 0.717) is 25.6 Å². The summed E-state index contributed by atoms with van der Waals surface area (Å²) in [5.74, 6) is -2.04. The fourth-order valence-corrected chi connectivity index (χ4v) is 5.35. The van der Waals surface area contributed by atoms with Crippen molar-refractivity contribution >= 4 is 34.0 Å². The summed E-state index contributed by atoms with van der Waals surface area (Å²) in [6.45, 7) is 6.65. The van der Waals surface area contributed by atoms with E-state index in [1.807, 2.05) is 75.4 Å². The lowest BCUT2D eigenvalue weighted by atomic mass is 9.68. The van der Waals surface area contributed by atoms with Gasteiger partial charge in [0.1, 0.15) is 12.4 Å². The smallest absolute Gasteiger partial charge is 0.416 e. The maximum absolute atomic E-state index is 14.3. The van der Waals surface area contributed by atoms with Crippen molar-refractivity contribution in [3.8, 4) is 0 Å². The van der Waals surface area contributed by atoms with Crippen LogP contribution in [0.2, 0.25) is 0 Å². The largest absolute Gasteiger partial charge is 0.463 e. The average molecular weight is 653 g/mol. The Bertz CT molecular complexity index is 1300. The monoisotopic (exact) mass is 651 g/mol. The molecule has 42 heavy (non-hydrogen) atoms. The van der Waals surface area contributed by atoms with E-state index < -0.39 is 29.4 Å². The second-order valence-electron chi connectivity index (χ2n) is 10.5. The number of halogens is 5. The van der Waals surface area contributed by atoms with Gasteiger partial charge in [0.15, 0.2) is 0 Å². The number of rotatable bonds is 8. The molecule has 5 nitrogen and oxygen atoms in total. The zero-order valence-corrected chi connectivity index (χ0v) is 25.1. The van der Waals surface area contributed by atoms with E-state index in [4.69, 9.17) is 4.74 Å². The predicted octanol–water partition coefficient (Wildman–Crippen LogP) is 8.53. The molecule has 1 saturated carbocycles. The molecule has 0 spiro atoms. The summed E-state index contributed by atoms with van der Waals surface area (Å²) in [6.07, 6.45) is -3.62. The van der Waals surface area contributed by atoms with Crippen LogP contribution in [0.1, 0.15) is 56.2 Å². The first-order valence-electron chi connectivity index (χ1n) is 13.6. The molecule has 0 radical (unpaired) electrons. The molecule has 0 heterocycles. The molecular weight excluding hydrogens is 618 g/mol. The predicted molar refractivity (Wildman–Crippen MR) is 156 cm³/mol. The number of ether oxygens (including phenoxy) is 2. The highest BCUT2D eigenvalue weighted by Gasteiger charge is 2.40. The second-order valence-corrected chi connectivity index (χ2v) is 11.4. The maximum Gasteiger partial charge on any atom is 0.416 e. The number of benzene rings is 3. The van der Waals surface area contributed by atoms with Gasteiger partial charge in [-0.2, -0.15) is 13.2 Å². The van der Waals surface area contributed by atoms with Crippen molar-refractivity contribution in [2.75, 3.05) is 5.32 Å². The summed E-state index contributed by atoms with van der Waals surface area (Å²) in [6, 6.07) is 19.6. The van der Waals surface area contributed by atoms with Gasteiger partial charge in [0.05, 0.1) is 23.5 Å². The molecule has 3 unspecified atom stereocenters. The molecule has 0 bridgehead atoms. The minimum atomic E-state index is -4.65. The van der Waals surface area contributed by atoms with Crippen LogP contribution in [0.5, 0.6) is 0 Å². The summed E-state index contributed by atoms with van der Waals surface area (Å²) in [5, 5.41) is 2.50. The van der Waals surface area contributed by atoms with Crippen LogP contribution >= 0.6 is 15.9 Å². The van der Waals surface area contributed by atoms with Crippen LogP contribution in [0, 0.1) is 17.7 Å². The van der Waals surface area contributed by atoms with Crippen LogP contribution in [0.3, 0.4) is 0 Å². The van der Waals surface area contributed by atoms with Crippen LogP contribution in [0.25, 0.3) is 0 Å². The van der Waals surface area contributed by atoms with Gasteiger partial charge in [0.2, 0.25) is 5.91 Å². The molecule has 1 N–H and O–H groups in total. The molecule has 0 aliphatic heterocycles. The van der Waals surface area contributed by atoms with Crippen molar-refractivity contribution in [3.63, 3.8) is 0 Å². The Morgan fingerprint density at radius 1 is 1.05 bits per heavy atom. The van der Waals surface area contributed by atoms with Gasteiger partial charge in [-0.1, -0.05) is 65.3 Å². The van der Waals surface area contributed by atoms with Gasteiger partial charge >= 0.3 is 6.18 Å². The molecule has 4 rings (SSSR count). The Kier molecular flexibility index (Phi) is 12.1. The van der Waals surface area contributed by atoms with Gasteiger partial charge in [-0.05, 0) is 80.0 Å². The van der Waals surface area contributed by atoms with Gasteiger partial charge in [-0.3, -0.25) is 9.59 Å². The standard InChI is InChI=1S/C24H26BrF4NO2.C8H8O2/c1-13(2)32-18-11-19(15-4-7-17(25)8-5-15)14(3)20(12-18)23(31)30-22-9-6-16(10-21(22)26)24(27,28)29;9-7-10-6-8-4-2-1-3-5-8/h4-10,13-14,18-20H,11-12H2,1-3H3,(H,30,31);1-5,7H,6H2/t14-,18?,19?,20?;/m1./s1.